The number of para-hydroxylation sites is 1. The molecule has 1 atom stereocenters. The number of rotatable bonds is 9. The monoisotopic (exact) mass is 488 g/mol. The Morgan fingerprint density at radius 1 is 1.15 bits per heavy atom. The van der Waals surface area contributed by atoms with Crippen LogP contribution in [-0.2, 0) is 0 Å². The molecule has 1 heterocycles. The number of hydrogen-bond acceptors (Lipinski definition) is 4. The first-order valence-electron chi connectivity index (χ1n) is 8.53. The Hall–Kier alpha value is -1.32. The highest BCUT2D eigenvalue weighted by atomic mass is 127. The van der Waals surface area contributed by atoms with Gasteiger partial charge in [-0.05, 0) is 44.1 Å². The van der Waals surface area contributed by atoms with Gasteiger partial charge >= 0.3 is 0 Å². The first-order valence-corrected chi connectivity index (χ1v) is 9.41. The number of hydrogen-bond donors (Lipinski definition) is 2. The van der Waals surface area contributed by atoms with Gasteiger partial charge < -0.3 is 20.3 Å². The van der Waals surface area contributed by atoms with Gasteiger partial charge in [-0.2, -0.15) is 0 Å². The van der Waals surface area contributed by atoms with Gasteiger partial charge in [-0.25, -0.2) is 0 Å². The molecule has 0 amide bonds. The molecule has 0 aliphatic carbocycles. The van der Waals surface area contributed by atoms with Crippen LogP contribution in [0.5, 0.6) is 5.75 Å². The minimum Gasteiger partial charge on any atom is -0.494 e. The molecule has 5 nitrogen and oxygen atoms in total. The quantitative estimate of drug-likeness (QED) is 0.245. The highest BCUT2D eigenvalue weighted by Crippen LogP contribution is 2.22. The molecule has 0 bridgehead atoms. The number of benzene rings is 1. The van der Waals surface area contributed by atoms with E-state index in [0.717, 1.165) is 31.2 Å². The van der Waals surface area contributed by atoms with Crippen LogP contribution in [0.25, 0.3) is 0 Å². The van der Waals surface area contributed by atoms with Crippen LogP contribution in [0.1, 0.15) is 17.3 Å². The van der Waals surface area contributed by atoms with Crippen LogP contribution in [0.15, 0.2) is 52.8 Å². The molecule has 2 rings (SSSR count). The third kappa shape index (κ3) is 7.92. The summed E-state index contributed by atoms with van der Waals surface area (Å²) in [5.74, 6) is 1.73. The second-order valence-corrected chi connectivity index (χ2v) is 6.87. The Bertz CT molecular complexity index is 620. The summed E-state index contributed by atoms with van der Waals surface area (Å²) < 4.78 is 5.69. The molecule has 1 aromatic carbocycles. The molecule has 1 unspecified atom stereocenters. The van der Waals surface area contributed by atoms with Crippen molar-refractivity contribution in [2.75, 3.05) is 40.8 Å². The molecule has 7 heteroatoms. The zero-order chi connectivity index (χ0) is 17.9. The van der Waals surface area contributed by atoms with Gasteiger partial charge in [-0.3, -0.25) is 4.99 Å². The van der Waals surface area contributed by atoms with Gasteiger partial charge in [-0.15, -0.1) is 35.3 Å². The van der Waals surface area contributed by atoms with Gasteiger partial charge in [0.15, 0.2) is 5.96 Å². The lowest BCUT2D eigenvalue weighted by Crippen LogP contribution is -2.42. The molecule has 0 aliphatic rings. The van der Waals surface area contributed by atoms with Crippen molar-refractivity contribution in [3.63, 3.8) is 0 Å². The van der Waals surface area contributed by atoms with Gasteiger partial charge in [0.1, 0.15) is 5.75 Å². The van der Waals surface area contributed by atoms with Crippen LogP contribution in [0.4, 0.5) is 0 Å². The van der Waals surface area contributed by atoms with E-state index in [1.807, 2.05) is 30.3 Å². The summed E-state index contributed by atoms with van der Waals surface area (Å²) in [6.45, 7) is 2.31. The molecule has 144 valence electrons. The van der Waals surface area contributed by atoms with Crippen molar-refractivity contribution in [1.29, 1.82) is 0 Å². The van der Waals surface area contributed by atoms with Gasteiger partial charge in [0, 0.05) is 25.0 Å². The van der Waals surface area contributed by atoms with Crippen LogP contribution >= 0.6 is 35.3 Å². The molecule has 0 spiro atoms. The van der Waals surface area contributed by atoms with E-state index >= 15 is 0 Å². The van der Waals surface area contributed by atoms with Crippen LogP contribution in [0, 0.1) is 0 Å². The highest BCUT2D eigenvalue weighted by Gasteiger charge is 2.15. The summed E-state index contributed by atoms with van der Waals surface area (Å²) >= 11 is 1.78. The minimum atomic E-state index is 0. The first kappa shape index (κ1) is 22.7. The zero-order valence-corrected chi connectivity index (χ0v) is 18.8. The highest BCUT2D eigenvalue weighted by molar-refractivity contribution is 14.0. The topological polar surface area (TPSA) is 48.9 Å². The first-order chi connectivity index (χ1) is 12.2. The van der Waals surface area contributed by atoms with Gasteiger partial charge in [-0.1, -0.05) is 24.3 Å². The van der Waals surface area contributed by atoms with Crippen molar-refractivity contribution in [3.05, 3.63) is 52.7 Å². The lowest BCUT2D eigenvalue weighted by atomic mass is 10.2. The Morgan fingerprint density at radius 3 is 2.54 bits per heavy atom. The molecule has 26 heavy (non-hydrogen) atoms. The number of ether oxygens (including phenoxy) is 1. The average Bonchev–Trinajstić information content (AvgIpc) is 3.14. The number of halogens is 1. The molecule has 0 radical (unpaired) electrons. The Balaban J connectivity index is 0.00000338. The second-order valence-electron chi connectivity index (χ2n) is 5.89. The predicted molar refractivity (Wildman–Crippen MR) is 122 cm³/mol. The maximum Gasteiger partial charge on any atom is 0.191 e. The number of nitrogens with zero attached hydrogens (tertiary/aromatic N) is 2. The van der Waals surface area contributed by atoms with Gasteiger partial charge in [0.2, 0.25) is 0 Å². The van der Waals surface area contributed by atoms with Crippen LogP contribution in [0.2, 0.25) is 0 Å². The fourth-order valence-electron chi connectivity index (χ4n) is 2.42. The van der Waals surface area contributed by atoms with Gasteiger partial charge in [0.05, 0.1) is 12.6 Å². The normalized spacial score (nSPS) is 12.4. The molecule has 2 N–H and O–H groups in total. The third-order valence-corrected chi connectivity index (χ3v) is 4.78. The molecule has 0 saturated heterocycles. The Labute approximate surface area is 177 Å². The van der Waals surface area contributed by atoms with E-state index in [1.165, 1.54) is 4.88 Å². The summed E-state index contributed by atoms with van der Waals surface area (Å²) in [4.78, 5) is 7.87. The minimum absolute atomic E-state index is 0. The number of likely N-dealkylation sites (N-methyl/N-ethyl adjacent to an activating group) is 1. The van der Waals surface area contributed by atoms with E-state index < -0.39 is 0 Å². The standard InChI is InChI=1S/C19H28N4OS.HI/c1-20-19(21-12-8-13-24-16-9-5-4-6-10-16)22-15-17(23(2)3)18-11-7-14-25-18;/h4-7,9-11,14,17H,8,12-13,15H2,1-3H3,(H2,20,21,22);1H. The van der Waals surface area contributed by atoms with Crippen molar-refractivity contribution < 1.29 is 4.74 Å². The number of guanidine groups is 1. The van der Waals surface area contributed by atoms with E-state index in [4.69, 9.17) is 4.74 Å². The van der Waals surface area contributed by atoms with Crippen LogP contribution in [-0.4, -0.2) is 51.7 Å². The summed E-state index contributed by atoms with van der Waals surface area (Å²) in [5, 5.41) is 8.87. The van der Waals surface area contributed by atoms with Crippen LogP contribution < -0.4 is 15.4 Å². The zero-order valence-electron chi connectivity index (χ0n) is 15.6. The molecule has 1 aromatic heterocycles. The number of nitrogens with one attached hydrogen (secondary N) is 2. The summed E-state index contributed by atoms with van der Waals surface area (Å²) in [6, 6.07) is 14.5. The van der Waals surface area contributed by atoms with E-state index in [9.17, 15) is 0 Å². The second kappa shape index (κ2) is 12.9. The lowest BCUT2D eigenvalue weighted by Gasteiger charge is -2.24. The smallest absolute Gasteiger partial charge is 0.191 e. The molecule has 0 fully saturated rings. The lowest BCUT2D eigenvalue weighted by molar-refractivity contribution is 0.301. The van der Waals surface area contributed by atoms with Crippen molar-refractivity contribution in [2.45, 2.75) is 12.5 Å². The molecular weight excluding hydrogens is 459 g/mol. The van der Waals surface area contributed by atoms with Crippen molar-refractivity contribution in [3.8, 4) is 5.75 Å². The molecule has 2 aromatic rings. The number of thiophene rings is 1. The van der Waals surface area contributed by atoms with E-state index in [0.29, 0.717) is 12.6 Å². The summed E-state index contributed by atoms with van der Waals surface area (Å²) in [7, 11) is 6.00. The van der Waals surface area contributed by atoms with Gasteiger partial charge in [0.25, 0.3) is 0 Å². The molecular formula is C19H29IN4OS. The maximum atomic E-state index is 5.69. The summed E-state index contributed by atoms with van der Waals surface area (Å²) in [6.07, 6.45) is 0.914. The maximum absolute atomic E-state index is 5.69. The number of aliphatic imine (C=N–C) groups is 1. The van der Waals surface area contributed by atoms with Crippen LogP contribution in [0.3, 0.4) is 0 Å². The Kier molecular flexibility index (Phi) is 11.3. The van der Waals surface area contributed by atoms with E-state index in [2.05, 4.69) is 52.1 Å². The van der Waals surface area contributed by atoms with Crippen molar-refractivity contribution in [2.24, 2.45) is 4.99 Å². The van der Waals surface area contributed by atoms with E-state index in [1.54, 1.807) is 18.4 Å². The third-order valence-electron chi connectivity index (χ3n) is 3.81. The molecule has 0 saturated carbocycles. The Morgan fingerprint density at radius 2 is 1.92 bits per heavy atom. The predicted octanol–water partition coefficient (Wildman–Crippen LogP) is 3.60. The fourth-order valence-corrected chi connectivity index (χ4v) is 3.34. The molecule has 0 aliphatic heterocycles. The largest absolute Gasteiger partial charge is 0.494 e. The SMILES string of the molecule is CN=C(NCCCOc1ccccc1)NCC(c1cccs1)N(C)C.I. The summed E-state index contributed by atoms with van der Waals surface area (Å²) in [5.41, 5.74) is 0. The van der Waals surface area contributed by atoms with Crippen molar-refractivity contribution in [1.82, 2.24) is 15.5 Å². The van der Waals surface area contributed by atoms with Crippen molar-refractivity contribution >= 4 is 41.3 Å². The fraction of sp³-hybridized carbons (Fsp3) is 0.421. The average molecular weight is 488 g/mol. The van der Waals surface area contributed by atoms with E-state index in [-0.39, 0.29) is 24.0 Å².